The maximum atomic E-state index is 12.0. The highest BCUT2D eigenvalue weighted by Crippen LogP contribution is 2.25. The van der Waals surface area contributed by atoms with Gasteiger partial charge in [-0.2, -0.15) is 0 Å². The minimum absolute atomic E-state index is 0.0222. The van der Waals surface area contributed by atoms with Gasteiger partial charge >= 0.3 is 5.97 Å². The predicted octanol–water partition coefficient (Wildman–Crippen LogP) is 4.96. The van der Waals surface area contributed by atoms with Crippen molar-refractivity contribution >= 4 is 5.97 Å². The van der Waals surface area contributed by atoms with Crippen molar-refractivity contribution in [1.29, 1.82) is 0 Å². The van der Waals surface area contributed by atoms with E-state index in [-0.39, 0.29) is 11.9 Å². The zero-order valence-corrected chi connectivity index (χ0v) is 12.8. The van der Waals surface area contributed by atoms with Crippen molar-refractivity contribution in [3.63, 3.8) is 0 Å². The second-order valence-corrected chi connectivity index (χ2v) is 5.33. The van der Waals surface area contributed by atoms with Crippen molar-refractivity contribution in [2.24, 2.45) is 11.8 Å². The number of rotatable bonds is 11. The summed E-state index contributed by atoms with van der Waals surface area (Å²) in [6.07, 6.45) is 9.55. The Morgan fingerprint density at radius 1 is 0.944 bits per heavy atom. The summed E-state index contributed by atoms with van der Waals surface area (Å²) in [6.45, 7) is 9.01. The number of esters is 1. The van der Waals surface area contributed by atoms with Gasteiger partial charge in [0.1, 0.15) is 0 Å². The van der Waals surface area contributed by atoms with Crippen LogP contribution in [0.25, 0.3) is 0 Å². The van der Waals surface area contributed by atoms with Crippen LogP contribution in [-0.4, -0.2) is 12.6 Å². The van der Waals surface area contributed by atoms with Crippen LogP contribution in [0.4, 0.5) is 0 Å². The normalized spacial score (nSPS) is 14.2. The van der Waals surface area contributed by atoms with Gasteiger partial charge in [-0.1, -0.05) is 59.3 Å². The molecule has 18 heavy (non-hydrogen) atoms. The molecule has 0 saturated carbocycles. The molecule has 0 radical (unpaired) electrons. The Kier molecular flexibility index (Phi) is 11.2. The van der Waals surface area contributed by atoms with Crippen LogP contribution in [0.2, 0.25) is 0 Å². The van der Waals surface area contributed by atoms with Crippen LogP contribution >= 0.6 is 0 Å². The molecular formula is C16H32O2. The third kappa shape index (κ3) is 7.73. The van der Waals surface area contributed by atoms with Crippen molar-refractivity contribution in [1.82, 2.24) is 0 Å². The van der Waals surface area contributed by atoms with Gasteiger partial charge in [-0.05, 0) is 25.7 Å². The number of ether oxygens (including phenoxy) is 1. The van der Waals surface area contributed by atoms with E-state index in [9.17, 15) is 4.79 Å². The Morgan fingerprint density at radius 3 is 2.17 bits per heavy atom. The smallest absolute Gasteiger partial charge is 0.309 e. The number of hydrogen-bond acceptors (Lipinski definition) is 2. The summed E-state index contributed by atoms with van der Waals surface area (Å²) in [7, 11) is 0. The van der Waals surface area contributed by atoms with E-state index < -0.39 is 0 Å². The Hall–Kier alpha value is -0.530. The van der Waals surface area contributed by atoms with Crippen LogP contribution in [0.15, 0.2) is 0 Å². The minimum atomic E-state index is 0.0222. The molecule has 0 saturated heterocycles. The van der Waals surface area contributed by atoms with E-state index in [0.717, 1.165) is 25.7 Å². The second kappa shape index (κ2) is 11.6. The molecule has 0 aliphatic heterocycles. The molecule has 0 N–H and O–H groups in total. The molecule has 0 aromatic carbocycles. The van der Waals surface area contributed by atoms with E-state index in [4.69, 9.17) is 4.74 Å². The molecule has 0 amide bonds. The Morgan fingerprint density at radius 2 is 1.61 bits per heavy atom. The number of unbranched alkanes of at least 4 members (excludes halogenated alkanes) is 4. The lowest BCUT2D eigenvalue weighted by Gasteiger charge is -2.22. The summed E-state index contributed by atoms with van der Waals surface area (Å²) in [4.78, 5) is 12.0. The maximum Gasteiger partial charge on any atom is 0.309 e. The van der Waals surface area contributed by atoms with Crippen LogP contribution < -0.4 is 0 Å². The van der Waals surface area contributed by atoms with Gasteiger partial charge in [0.25, 0.3) is 0 Å². The maximum absolute atomic E-state index is 12.0. The molecule has 0 fully saturated rings. The second-order valence-electron chi connectivity index (χ2n) is 5.33. The SMILES string of the molecule is CCCCCCC(C)C(CCCC)C(=O)OCC. The van der Waals surface area contributed by atoms with Gasteiger partial charge in [-0.3, -0.25) is 4.79 Å². The van der Waals surface area contributed by atoms with Crippen LogP contribution in [-0.2, 0) is 9.53 Å². The zero-order chi connectivity index (χ0) is 13.8. The van der Waals surface area contributed by atoms with Crippen molar-refractivity contribution in [3.8, 4) is 0 Å². The first-order valence-corrected chi connectivity index (χ1v) is 7.83. The number of carbonyl (C=O) groups excluding carboxylic acids is 1. The van der Waals surface area contributed by atoms with Crippen molar-refractivity contribution < 1.29 is 9.53 Å². The van der Waals surface area contributed by atoms with E-state index in [1.54, 1.807) is 0 Å². The first-order chi connectivity index (χ1) is 8.67. The van der Waals surface area contributed by atoms with Crippen molar-refractivity contribution in [2.75, 3.05) is 6.61 Å². The number of carbonyl (C=O) groups is 1. The highest BCUT2D eigenvalue weighted by Gasteiger charge is 2.25. The lowest BCUT2D eigenvalue weighted by molar-refractivity contribution is -0.150. The summed E-state index contributed by atoms with van der Waals surface area (Å²) in [5, 5.41) is 0. The molecule has 0 spiro atoms. The molecule has 0 rings (SSSR count). The van der Waals surface area contributed by atoms with E-state index >= 15 is 0 Å². The van der Waals surface area contributed by atoms with Crippen LogP contribution in [0, 0.1) is 11.8 Å². The van der Waals surface area contributed by atoms with E-state index in [1.807, 2.05) is 6.92 Å². The van der Waals surface area contributed by atoms with E-state index in [2.05, 4.69) is 20.8 Å². The fraction of sp³-hybridized carbons (Fsp3) is 0.938. The fourth-order valence-electron chi connectivity index (χ4n) is 2.40. The van der Waals surface area contributed by atoms with Crippen LogP contribution in [0.3, 0.4) is 0 Å². The molecule has 2 atom stereocenters. The Balaban J connectivity index is 4.12. The quantitative estimate of drug-likeness (QED) is 0.385. The Bertz CT molecular complexity index is 201. The first-order valence-electron chi connectivity index (χ1n) is 7.83. The van der Waals surface area contributed by atoms with Crippen LogP contribution in [0.1, 0.15) is 79.1 Å². The third-order valence-corrected chi connectivity index (χ3v) is 3.66. The van der Waals surface area contributed by atoms with Crippen molar-refractivity contribution in [3.05, 3.63) is 0 Å². The zero-order valence-electron chi connectivity index (χ0n) is 12.8. The summed E-state index contributed by atoms with van der Waals surface area (Å²) in [5.41, 5.74) is 0. The minimum Gasteiger partial charge on any atom is -0.466 e. The molecule has 0 aliphatic rings. The summed E-state index contributed by atoms with van der Waals surface area (Å²) in [5.74, 6) is 0.605. The summed E-state index contributed by atoms with van der Waals surface area (Å²) in [6, 6.07) is 0. The molecular weight excluding hydrogens is 224 g/mol. The molecule has 0 heterocycles. The predicted molar refractivity (Wildman–Crippen MR) is 77.6 cm³/mol. The average Bonchev–Trinajstić information content (AvgIpc) is 2.35. The molecule has 2 nitrogen and oxygen atoms in total. The van der Waals surface area contributed by atoms with Gasteiger partial charge < -0.3 is 4.74 Å². The topological polar surface area (TPSA) is 26.3 Å². The van der Waals surface area contributed by atoms with Gasteiger partial charge in [0.15, 0.2) is 0 Å². The first kappa shape index (κ1) is 17.5. The van der Waals surface area contributed by atoms with Gasteiger partial charge in [0.2, 0.25) is 0 Å². The van der Waals surface area contributed by atoms with Gasteiger partial charge in [0, 0.05) is 0 Å². The van der Waals surface area contributed by atoms with Gasteiger partial charge in [-0.25, -0.2) is 0 Å². The lowest BCUT2D eigenvalue weighted by Crippen LogP contribution is -2.24. The van der Waals surface area contributed by atoms with Gasteiger partial charge in [0.05, 0.1) is 12.5 Å². The lowest BCUT2D eigenvalue weighted by atomic mass is 9.85. The molecule has 0 aliphatic carbocycles. The molecule has 2 heteroatoms. The van der Waals surface area contributed by atoms with Gasteiger partial charge in [-0.15, -0.1) is 0 Å². The highest BCUT2D eigenvalue weighted by molar-refractivity contribution is 5.72. The average molecular weight is 256 g/mol. The molecule has 0 aromatic rings. The third-order valence-electron chi connectivity index (χ3n) is 3.66. The molecule has 0 aromatic heterocycles. The molecule has 108 valence electrons. The summed E-state index contributed by atoms with van der Waals surface area (Å²) >= 11 is 0. The largest absolute Gasteiger partial charge is 0.466 e. The fourth-order valence-corrected chi connectivity index (χ4v) is 2.40. The highest BCUT2D eigenvalue weighted by atomic mass is 16.5. The molecule has 2 unspecified atom stereocenters. The number of hydrogen-bond donors (Lipinski definition) is 0. The standard InChI is InChI=1S/C16H32O2/c1-5-8-10-11-12-14(4)15(13-9-6-2)16(17)18-7-3/h14-15H,5-13H2,1-4H3. The monoisotopic (exact) mass is 256 g/mol. The summed E-state index contributed by atoms with van der Waals surface area (Å²) < 4.78 is 5.21. The van der Waals surface area contributed by atoms with E-state index in [0.29, 0.717) is 12.5 Å². The van der Waals surface area contributed by atoms with Crippen molar-refractivity contribution in [2.45, 2.75) is 79.1 Å². The Labute approximate surface area is 113 Å². The van der Waals surface area contributed by atoms with E-state index in [1.165, 1.54) is 25.7 Å². The van der Waals surface area contributed by atoms with Crippen LogP contribution in [0.5, 0.6) is 0 Å². The molecule has 0 bridgehead atoms.